The standard InChI is InChI=1S/C16H31NO3S/c1-3-11-17-14-7-9-16(18,10-8-14)13-5-4-6-15(12-13)21(2,19)20/h13-15,17-18H,3-12H2,1-2H3. The summed E-state index contributed by atoms with van der Waals surface area (Å²) in [5, 5.41) is 14.3. The molecular formula is C16H31NO3S. The van der Waals surface area contributed by atoms with Gasteiger partial charge in [-0.1, -0.05) is 13.3 Å². The first kappa shape index (κ1) is 17.2. The molecule has 0 radical (unpaired) electrons. The van der Waals surface area contributed by atoms with Crippen molar-refractivity contribution >= 4 is 9.84 Å². The van der Waals surface area contributed by atoms with E-state index in [9.17, 15) is 13.5 Å². The Morgan fingerprint density at radius 1 is 1.19 bits per heavy atom. The second-order valence-electron chi connectivity index (χ2n) is 7.15. The summed E-state index contributed by atoms with van der Waals surface area (Å²) in [6.07, 6.45) is 9.47. The third-order valence-corrected chi connectivity index (χ3v) is 7.17. The van der Waals surface area contributed by atoms with Gasteiger partial charge in [-0.2, -0.15) is 0 Å². The van der Waals surface area contributed by atoms with Gasteiger partial charge in [0.25, 0.3) is 0 Å². The van der Waals surface area contributed by atoms with Gasteiger partial charge in [0.05, 0.1) is 10.9 Å². The quantitative estimate of drug-likeness (QED) is 0.816. The van der Waals surface area contributed by atoms with E-state index in [1.165, 1.54) is 6.26 Å². The molecule has 2 unspecified atom stereocenters. The highest BCUT2D eigenvalue weighted by Gasteiger charge is 2.43. The fraction of sp³-hybridized carbons (Fsp3) is 1.00. The Bertz CT molecular complexity index is 427. The van der Waals surface area contributed by atoms with Crippen molar-refractivity contribution in [1.82, 2.24) is 5.32 Å². The molecular weight excluding hydrogens is 286 g/mol. The van der Waals surface area contributed by atoms with Crippen LogP contribution in [0.2, 0.25) is 0 Å². The first-order valence-corrected chi connectivity index (χ1v) is 10.5. The minimum Gasteiger partial charge on any atom is -0.390 e. The Morgan fingerprint density at radius 2 is 1.86 bits per heavy atom. The Hall–Kier alpha value is -0.130. The van der Waals surface area contributed by atoms with Gasteiger partial charge in [0.1, 0.15) is 9.84 Å². The molecule has 21 heavy (non-hydrogen) atoms. The van der Waals surface area contributed by atoms with Gasteiger partial charge in [-0.15, -0.1) is 0 Å². The Morgan fingerprint density at radius 3 is 2.43 bits per heavy atom. The van der Waals surface area contributed by atoms with Crippen LogP contribution in [0.3, 0.4) is 0 Å². The summed E-state index contributed by atoms with van der Waals surface area (Å²) in [6.45, 7) is 3.21. The first-order valence-electron chi connectivity index (χ1n) is 8.50. The van der Waals surface area contributed by atoms with E-state index in [0.717, 1.165) is 57.9 Å². The van der Waals surface area contributed by atoms with Gasteiger partial charge in [-0.3, -0.25) is 0 Å². The van der Waals surface area contributed by atoms with Crippen molar-refractivity contribution < 1.29 is 13.5 Å². The second-order valence-corrected chi connectivity index (χ2v) is 9.47. The van der Waals surface area contributed by atoms with Crippen LogP contribution in [0.15, 0.2) is 0 Å². The lowest BCUT2D eigenvalue weighted by Gasteiger charge is -2.44. The number of nitrogens with one attached hydrogen (secondary N) is 1. The second kappa shape index (κ2) is 6.97. The molecule has 0 aromatic heterocycles. The average Bonchev–Trinajstić information content (AvgIpc) is 2.46. The SMILES string of the molecule is CCCNC1CCC(O)(C2CCCC(S(C)(=O)=O)C2)CC1. The predicted octanol–water partition coefficient (Wildman–Crippen LogP) is 2.26. The van der Waals surface area contributed by atoms with Gasteiger partial charge >= 0.3 is 0 Å². The summed E-state index contributed by atoms with van der Waals surface area (Å²) in [4.78, 5) is 0. The summed E-state index contributed by atoms with van der Waals surface area (Å²) in [5.41, 5.74) is -0.631. The summed E-state index contributed by atoms with van der Waals surface area (Å²) in [6, 6.07) is 0.527. The highest BCUT2D eigenvalue weighted by Crippen LogP contribution is 2.42. The van der Waals surface area contributed by atoms with Crippen LogP contribution in [0.4, 0.5) is 0 Å². The molecule has 0 bridgehead atoms. The van der Waals surface area contributed by atoms with Gasteiger partial charge < -0.3 is 10.4 Å². The normalized spacial score (nSPS) is 38.3. The van der Waals surface area contributed by atoms with Crippen LogP contribution < -0.4 is 5.32 Å². The van der Waals surface area contributed by atoms with Crippen LogP contribution in [0, 0.1) is 5.92 Å². The van der Waals surface area contributed by atoms with Crippen LogP contribution >= 0.6 is 0 Å². The zero-order valence-corrected chi connectivity index (χ0v) is 14.3. The van der Waals surface area contributed by atoms with Crippen molar-refractivity contribution in [2.24, 2.45) is 5.92 Å². The van der Waals surface area contributed by atoms with E-state index in [1.807, 2.05) is 0 Å². The fourth-order valence-electron chi connectivity index (χ4n) is 4.10. The third kappa shape index (κ3) is 4.42. The molecule has 4 nitrogen and oxygen atoms in total. The van der Waals surface area contributed by atoms with Crippen LogP contribution in [0.5, 0.6) is 0 Å². The highest BCUT2D eigenvalue weighted by molar-refractivity contribution is 7.91. The molecule has 5 heteroatoms. The fourth-order valence-corrected chi connectivity index (χ4v) is 5.28. The van der Waals surface area contributed by atoms with Gasteiger partial charge in [0.15, 0.2) is 0 Å². The molecule has 2 saturated carbocycles. The number of sulfone groups is 1. The van der Waals surface area contributed by atoms with Gasteiger partial charge in [0, 0.05) is 12.3 Å². The van der Waals surface area contributed by atoms with Crippen molar-refractivity contribution in [3.63, 3.8) is 0 Å². The molecule has 2 fully saturated rings. The van der Waals surface area contributed by atoms with Crippen molar-refractivity contribution in [3.05, 3.63) is 0 Å². The first-order chi connectivity index (χ1) is 9.85. The number of rotatable bonds is 5. The number of hydrogen-bond donors (Lipinski definition) is 2. The summed E-state index contributed by atoms with van der Waals surface area (Å²) in [5.74, 6) is 0.165. The molecule has 2 aliphatic carbocycles. The van der Waals surface area contributed by atoms with Crippen LogP contribution in [0.1, 0.15) is 64.7 Å². The van der Waals surface area contributed by atoms with E-state index in [4.69, 9.17) is 0 Å². The zero-order chi connectivity index (χ0) is 15.5. The smallest absolute Gasteiger partial charge is 0.150 e. The Labute approximate surface area is 129 Å². The van der Waals surface area contributed by atoms with E-state index in [1.54, 1.807) is 0 Å². The topological polar surface area (TPSA) is 66.4 Å². The molecule has 2 N–H and O–H groups in total. The van der Waals surface area contributed by atoms with Crippen LogP contribution in [0.25, 0.3) is 0 Å². The number of aliphatic hydroxyl groups is 1. The van der Waals surface area contributed by atoms with E-state index >= 15 is 0 Å². The van der Waals surface area contributed by atoms with Gasteiger partial charge in [0.2, 0.25) is 0 Å². The summed E-state index contributed by atoms with van der Waals surface area (Å²) in [7, 11) is -2.97. The maximum atomic E-state index is 11.8. The van der Waals surface area contributed by atoms with Crippen molar-refractivity contribution in [2.75, 3.05) is 12.8 Å². The van der Waals surface area contributed by atoms with E-state index < -0.39 is 15.4 Å². The molecule has 2 aliphatic rings. The molecule has 0 amide bonds. The van der Waals surface area contributed by atoms with Crippen LogP contribution in [-0.4, -0.2) is 43.2 Å². The minimum atomic E-state index is -2.97. The van der Waals surface area contributed by atoms with E-state index in [2.05, 4.69) is 12.2 Å². The summed E-state index contributed by atoms with van der Waals surface area (Å²) >= 11 is 0. The average molecular weight is 317 g/mol. The predicted molar refractivity (Wildman–Crippen MR) is 86.1 cm³/mol. The minimum absolute atomic E-state index is 0.165. The van der Waals surface area contributed by atoms with Crippen molar-refractivity contribution in [3.8, 4) is 0 Å². The molecule has 0 saturated heterocycles. The molecule has 124 valence electrons. The molecule has 0 aromatic rings. The number of hydrogen-bond acceptors (Lipinski definition) is 4. The van der Waals surface area contributed by atoms with E-state index in [-0.39, 0.29) is 11.2 Å². The molecule has 2 atom stereocenters. The monoisotopic (exact) mass is 317 g/mol. The van der Waals surface area contributed by atoms with Gasteiger partial charge in [-0.05, 0) is 63.8 Å². The maximum Gasteiger partial charge on any atom is 0.150 e. The van der Waals surface area contributed by atoms with Gasteiger partial charge in [-0.25, -0.2) is 8.42 Å². The molecule has 0 spiro atoms. The maximum absolute atomic E-state index is 11.8. The molecule has 2 rings (SSSR count). The highest BCUT2D eigenvalue weighted by atomic mass is 32.2. The molecule has 0 heterocycles. The third-order valence-electron chi connectivity index (χ3n) is 5.53. The van der Waals surface area contributed by atoms with E-state index in [0.29, 0.717) is 12.5 Å². The van der Waals surface area contributed by atoms with Crippen molar-refractivity contribution in [2.45, 2.75) is 81.6 Å². The van der Waals surface area contributed by atoms with Crippen LogP contribution in [-0.2, 0) is 9.84 Å². The Balaban J connectivity index is 1.92. The zero-order valence-electron chi connectivity index (χ0n) is 13.5. The lowest BCUT2D eigenvalue weighted by Crippen LogP contribution is -2.48. The lowest BCUT2D eigenvalue weighted by atomic mass is 9.69. The molecule has 0 aromatic carbocycles. The molecule has 0 aliphatic heterocycles. The van der Waals surface area contributed by atoms with Crippen molar-refractivity contribution in [1.29, 1.82) is 0 Å². The Kier molecular flexibility index (Phi) is 5.71. The largest absolute Gasteiger partial charge is 0.390 e. The lowest BCUT2D eigenvalue weighted by molar-refractivity contribution is -0.0656. The summed E-state index contributed by atoms with van der Waals surface area (Å²) < 4.78 is 23.6.